The number of anilines is 1. The number of rotatable bonds is 2. The van der Waals surface area contributed by atoms with Gasteiger partial charge in [0.05, 0.1) is 0 Å². The highest BCUT2D eigenvalue weighted by atomic mass is 35.5. The first-order valence-corrected chi connectivity index (χ1v) is 6.44. The van der Waals surface area contributed by atoms with E-state index in [0.717, 1.165) is 29.5 Å². The van der Waals surface area contributed by atoms with Gasteiger partial charge < -0.3 is 4.90 Å². The average Bonchev–Trinajstić information content (AvgIpc) is 2.58. The van der Waals surface area contributed by atoms with Crippen LogP contribution in [0.3, 0.4) is 0 Å². The topological polar surface area (TPSA) is 16.1 Å². The van der Waals surface area contributed by atoms with Gasteiger partial charge in [0.25, 0.3) is 0 Å². The Balaban J connectivity index is 2.24. The van der Waals surface area contributed by atoms with E-state index in [2.05, 4.69) is 35.9 Å². The predicted molar refractivity (Wildman–Crippen MR) is 69.1 cm³/mol. The van der Waals surface area contributed by atoms with E-state index < -0.39 is 0 Å². The van der Waals surface area contributed by atoms with Crippen LogP contribution in [0.5, 0.6) is 0 Å². The number of hydrogen-bond donors (Lipinski definition) is 0. The van der Waals surface area contributed by atoms with Gasteiger partial charge >= 0.3 is 0 Å². The van der Waals surface area contributed by atoms with Crippen LogP contribution in [-0.2, 0) is 5.88 Å². The molecule has 0 aliphatic carbocycles. The molecule has 2 rings (SSSR count). The summed E-state index contributed by atoms with van der Waals surface area (Å²) in [5, 5.41) is 0. The molecule has 0 bridgehead atoms. The minimum atomic E-state index is 0.547. The second-order valence-electron chi connectivity index (χ2n) is 4.89. The van der Waals surface area contributed by atoms with Crippen LogP contribution in [0, 0.1) is 12.8 Å². The number of aryl methyl sites for hydroxylation is 1. The first-order valence-electron chi connectivity index (χ1n) is 5.91. The Labute approximate surface area is 103 Å². The van der Waals surface area contributed by atoms with Crippen molar-refractivity contribution in [2.24, 2.45) is 5.92 Å². The van der Waals surface area contributed by atoms with Crippen molar-refractivity contribution in [3.63, 3.8) is 0 Å². The third-order valence-electron chi connectivity index (χ3n) is 3.40. The molecule has 1 aromatic rings. The van der Waals surface area contributed by atoms with Crippen molar-refractivity contribution in [2.45, 2.75) is 39.1 Å². The summed E-state index contributed by atoms with van der Waals surface area (Å²) in [4.78, 5) is 7.05. The lowest BCUT2D eigenvalue weighted by atomic mass is 10.1. The van der Waals surface area contributed by atoms with Crippen molar-refractivity contribution in [3.05, 3.63) is 23.4 Å². The molecule has 2 nitrogen and oxygen atoms in total. The zero-order chi connectivity index (χ0) is 11.7. The monoisotopic (exact) mass is 238 g/mol. The summed E-state index contributed by atoms with van der Waals surface area (Å²) in [5.74, 6) is 2.42. The zero-order valence-corrected chi connectivity index (χ0v) is 11.0. The molecule has 1 aliphatic heterocycles. The van der Waals surface area contributed by atoms with E-state index in [0.29, 0.717) is 11.9 Å². The number of hydrogen-bond acceptors (Lipinski definition) is 2. The largest absolute Gasteiger partial charge is 0.354 e. The number of nitrogens with zero attached hydrogens (tertiary/aromatic N) is 2. The van der Waals surface area contributed by atoms with E-state index >= 15 is 0 Å². The third kappa shape index (κ3) is 2.17. The van der Waals surface area contributed by atoms with Crippen LogP contribution in [-0.4, -0.2) is 17.6 Å². The van der Waals surface area contributed by atoms with Gasteiger partial charge in [0.15, 0.2) is 0 Å². The van der Waals surface area contributed by atoms with E-state index in [1.165, 1.54) is 6.42 Å². The molecular weight excluding hydrogens is 220 g/mol. The second-order valence-corrected chi connectivity index (χ2v) is 5.16. The maximum Gasteiger partial charge on any atom is 0.129 e. The smallest absolute Gasteiger partial charge is 0.129 e. The molecule has 0 radical (unpaired) electrons. The predicted octanol–water partition coefficient (Wildman–Crippen LogP) is 3.36. The summed E-state index contributed by atoms with van der Waals surface area (Å²) in [7, 11) is 0. The van der Waals surface area contributed by atoms with E-state index in [1.807, 2.05) is 6.92 Å². The molecule has 1 aliphatic rings. The normalized spacial score (nSPS) is 25.1. The second kappa shape index (κ2) is 4.62. The minimum Gasteiger partial charge on any atom is -0.354 e. The number of aromatic nitrogens is 1. The van der Waals surface area contributed by atoms with Crippen molar-refractivity contribution >= 4 is 17.4 Å². The van der Waals surface area contributed by atoms with Crippen LogP contribution in [0.15, 0.2) is 12.1 Å². The molecule has 2 atom stereocenters. The Morgan fingerprint density at radius 2 is 2.19 bits per heavy atom. The number of pyridine rings is 1. The van der Waals surface area contributed by atoms with Crippen LogP contribution < -0.4 is 4.90 Å². The van der Waals surface area contributed by atoms with E-state index in [-0.39, 0.29) is 0 Å². The van der Waals surface area contributed by atoms with Crippen molar-refractivity contribution in [1.82, 2.24) is 4.98 Å². The molecule has 3 heteroatoms. The first kappa shape index (κ1) is 11.7. The molecule has 1 fully saturated rings. The molecule has 88 valence electrons. The van der Waals surface area contributed by atoms with Crippen molar-refractivity contribution in [1.29, 1.82) is 0 Å². The van der Waals surface area contributed by atoms with E-state index in [9.17, 15) is 0 Å². The van der Waals surface area contributed by atoms with Gasteiger partial charge in [0, 0.05) is 24.2 Å². The average molecular weight is 239 g/mol. The van der Waals surface area contributed by atoms with Gasteiger partial charge in [-0.3, -0.25) is 0 Å². The Hall–Kier alpha value is -0.760. The standard InChI is InChI=1S/C13H19ClN2/c1-9-6-10(2)16(8-9)13-5-4-12(7-14)11(3)15-13/h4-5,9-10H,6-8H2,1-3H3. The molecule has 0 spiro atoms. The lowest BCUT2D eigenvalue weighted by molar-refractivity contribution is 0.625. The summed E-state index contributed by atoms with van der Waals surface area (Å²) in [6.45, 7) is 7.73. The highest BCUT2D eigenvalue weighted by molar-refractivity contribution is 6.17. The number of alkyl halides is 1. The van der Waals surface area contributed by atoms with Crippen LogP contribution in [0.2, 0.25) is 0 Å². The molecule has 1 aromatic heterocycles. The van der Waals surface area contributed by atoms with E-state index in [1.54, 1.807) is 0 Å². The van der Waals surface area contributed by atoms with Gasteiger partial charge in [-0.2, -0.15) is 0 Å². The minimum absolute atomic E-state index is 0.547. The zero-order valence-electron chi connectivity index (χ0n) is 10.2. The highest BCUT2D eigenvalue weighted by Gasteiger charge is 2.27. The highest BCUT2D eigenvalue weighted by Crippen LogP contribution is 2.28. The van der Waals surface area contributed by atoms with Gasteiger partial charge in [-0.25, -0.2) is 4.98 Å². The SMILES string of the molecule is Cc1nc(N2CC(C)CC2C)ccc1CCl. The van der Waals surface area contributed by atoms with Crippen LogP contribution >= 0.6 is 11.6 Å². The molecule has 1 saturated heterocycles. The van der Waals surface area contributed by atoms with E-state index in [4.69, 9.17) is 11.6 Å². The van der Waals surface area contributed by atoms with Crippen molar-refractivity contribution < 1.29 is 0 Å². The fraction of sp³-hybridized carbons (Fsp3) is 0.615. The Morgan fingerprint density at radius 1 is 1.44 bits per heavy atom. The molecule has 2 heterocycles. The molecule has 0 amide bonds. The molecule has 0 aromatic carbocycles. The van der Waals surface area contributed by atoms with Crippen LogP contribution in [0.25, 0.3) is 0 Å². The molecule has 16 heavy (non-hydrogen) atoms. The molecule has 2 unspecified atom stereocenters. The maximum absolute atomic E-state index is 5.84. The fourth-order valence-electron chi connectivity index (χ4n) is 2.50. The quantitative estimate of drug-likeness (QED) is 0.735. The van der Waals surface area contributed by atoms with Gasteiger partial charge in [0.1, 0.15) is 5.82 Å². The molecule has 0 saturated carbocycles. The number of halogens is 1. The van der Waals surface area contributed by atoms with Gasteiger partial charge in [-0.15, -0.1) is 11.6 Å². The summed E-state index contributed by atoms with van der Waals surface area (Å²) in [6, 6.07) is 4.79. The van der Waals surface area contributed by atoms with Crippen LogP contribution in [0.4, 0.5) is 5.82 Å². The summed E-state index contributed by atoms with van der Waals surface area (Å²) >= 11 is 5.84. The lowest BCUT2D eigenvalue weighted by Crippen LogP contribution is -2.27. The Kier molecular flexibility index (Phi) is 3.38. The first-order chi connectivity index (χ1) is 7.61. The third-order valence-corrected chi connectivity index (χ3v) is 3.69. The Bertz CT molecular complexity index is 378. The van der Waals surface area contributed by atoms with Crippen LogP contribution in [0.1, 0.15) is 31.5 Å². The van der Waals surface area contributed by atoms with Crippen molar-refractivity contribution in [2.75, 3.05) is 11.4 Å². The van der Waals surface area contributed by atoms with Gasteiger partial charge in [0.2, 0.25) is 0 Å². The van der Waals surface area contributed by atoms with Gasteiger partial charge in [-0.05, 0) is 37.8 Å². The maximum atomic E-state index is 5.84. The summed E-state index contributed by atoms with van der Waals surface area (Å²) < 4.78 is 0. The lowest BCUT2D eigenvalue weighted by Gasteiger charge is -2.23. The van der Waals surface area contributed by atoms with Gasteiger partial charge in [-0.1, -0.05) is 13.0 Å². The molecule has 0 N–H and O–H groups in total. The summed E-state index contributed by atoms with van der Waals surface area (Å²) in [6.07, 6.45) is 1.26. The summed E-state index contributed by atoms with van der Waals surface area (Å²) in [5.41, 5.74) is 2.18. The Morgan fingerprint density at radius 3 is 2.69 bits per heavy atom. The molecular formula is C13H19ClN2. The van der Waals surface area contributed by atoms with Crippen molar-refractivity contribution in [3.8, 4) is 0 Å². The fourth-order valence-corrected chi connectivity index (χ4v) is 2.78.